The summed E-state index contributed by atoms with van der Waals surface area (Å²) in [5, 5.41) is 3.04. The molecule has 2 aromatic carbocycles. The van der Waals surface area contributed by atoms with Gasteiger partial charge in [0.15, 0.2) is 0 Å². The summed E-state index contributed by atoms with van der Waals surface area (Å²) in [5.74, 6) is 1.98. The van der Waals surface area contributed by atoms with Gasteiger partial charge < -0.3 is 10.1 Å². The molecule has 110 valence electrons. The van der Waals surface area contributed by atoms with Crippen LogP contribution in [0.3, 0.4) is 0 Å². The van der Waals surface area contributed by atoms with Gasteiger partial charge in [-0.05, 0) is 36.9 Å². The highest BCUT2D eigenvalue weighted by atomic mass is 32.2. The Morgan fingerprint density at radius 2 is 2.14 bits per heavy atom. The van der Waals surface area contributed by atoms with Crippen LogP contribution in [0.15, 0.2) is 47.4 Å². The van der Waals surface area contributed by atoms with E-state index in [4.69, 9.17) is 4.74 Å². The Morgan fingerprint density at radius 3 is 3.00 bits per heavy atom. The van der Waals surface area contributed by atoms with Gasteiger partial charge in [-0.25, -0.2) is 4.39 Å². The van der Waals surface area contributed by atoms with Crippen molar-refractivity contribution >= 4 is 11.8 Å². The summed E-state index contributed by atoms with van der Waals surface area (Å²) < 4.78 is 19.3. The maximum absolute atomic E-state index is 13.3. The second-order valence-corrected chi connectivity index (χ2v) is 6.20. The second-order valence-electron chi connectivity index (χ2n) is 5.14. The van der Waals surface area contributed by atoms with Crippen molar-refractivity contribution in [3.8, 4) is 5.75 Å². The number of hydrogen-bond donors (Lipinski definition) is 1. The zero-order valence-electron chi connectivity index (χ0n) is 11.9. The first kappa shape index (κ1) is 14.4. The molecule has 2 aromatic rings. The molecular formula is C17H18FNOS. The van der Waals surface area contributed by atoms with E-state index in [1.165, 1.54) is 22.6 Å². The largest absolute Gasteiger partial charge is 0.493 e. The maximum Gasteiger partial charge on any atom is 0.124 e. The Morgan fingerprint density at radius 1 is 1.29 bits per heavy atom. The lowest BCUT2D eigenvalue weighted by atomic mass is 10.0. The van der Waals surface area contributed by atoms with Crippen molar-refractivity contribution in [1.29, 1.82) is 0 Å². The van der Waals surface area contributed by atoms with E-state index in [9.17, 15) is 4.39 Å². The van der Waals surface area contributed by atoms with Gasteiger partial charge in [-0.3, -0.25) is 0 Å². The van der Waals surface area contributed by atoms with Crippen molar-refractivity contribution in [3.05, 3.63) is 59.4 Å². The SMILES string of the molecule is CNCc1cc(F)ccc1OCC1CSc2ccccc21. The molecule has 1 aliphatic rings. The number of thioether (sulfide) groups is 1. The lowest BCUT2D eigenvalue weighted by Crippen LogP contribution is -2.13. The normalized spacial score (nSPS) is 16.8. The Hall–Kier alpha value is -1.52. The first-order valence-corrected chi connectivity index (χ1v) is 8.04. The lowest BCUT2D eigenvalue weighted by Gasteiger charge is -2.15. The molecule has 1 atom stereocenters. The van der Waals surface area contributed by atoms with Gasteiger partial charge in [0.2, 0.25) is 0 Å². The minimum Gasteiger partial charge on any atom is -0.493 e. The maximum atomic E-state index is 13.3. The van der Waals surface area contributed by atoms with Crippen molar-refractivity contribution in [3.63, 3.8) is 0 Å². The van der Waals surface area contributed by atoms with Crippen LogP contribution in [-0.2, 0) is 6.54 Å². The topological polar surface area (TPSA) is 21.3 Å². The number of halogens is 1. The van der Waals surface area contributed by atoms with Crippen LogP contribution in [0.25, 0.3) is 0 Å². The van der Waals surface area contributed by atoms with Gasteiger partial charge in [0.05, 0.1) is 6.61 Å². The van der Waals surface area contributed by atoms with Crippen LogP contribution >= 0.6 is 11.8 Å². The van der Waals surface area contributed by atoms with Crippen molar-refractivity contribution in [2.45, 2.75) is 17.4 Å². The predicted molar refractivity (Wildman–Crippen MR) is 84.6 cm³/mol. The number of ether oxygens (including phenoxy) is 1. The van der Waals surface area contributed by atoms with Gasteiger partial charge in [0.1, 0.15) is 11.6 Å². The Bertz CT molecular complexity index is 632. The van der Waals surface area contributed by atoms with Crippen LogP contribution in [0, 0.1) is 5.82 Å². The molecule has 0 saturated heterocycles. The minimum atomic E-state index is -0.227. The number of rotatable bonds is 5. The Balaban J connectivity index is 1.71. The second kappa shape index (κ2) is 6.50. The van der Waals surface area contributed by atoms with Crippen molar-refractivity contribution < 1.29 is 9.13 Å². The van der Waals surface area contributed by atoms with Crippen LogP contribution in [-0.4, -0.2) is 19.4 Å². The summed E-state index contributed by atoms with van der Waals surface area (Å²) in [5.41, 5.74) is 2.22. The van der Waals surface area contributed by atoms with Crippen molar-refractivity contribution in [2.24, 2.45) is 0 Å². The molecule has 1 N–H and O–H groups in total. The molecule has 0 fully saturated rings. The van der Waals surface area contributed by atoms with E-state index in [1.807, 2.05) is 18.8 Å². The number of fused-ring (bicyclic) bond motifs is 1. The third-order valence-corrected chi connectivity index (χ3v) is 4.88. The summed E-state index contributed by atoms with van der Waals surface area (Å²) in [7, 11) is 1.85. The first-order chi connectivity index (χ1) is 10.3. The zero-order valence-corrected chi connectivity index (χ0v) is 12.8. The van der Waals surface area contributed by atoms with Crippen LogP contribution in [0.5, 0.6) is 5.75 Å². The fourth-order valence-corrected chi connectivity index (χ4v) is 3.81. The van der Waals surface area contributed by atoms with E-state index < -0.39 is 0 Å². The molecule has 0 spiro atoms. The zero-order chi connectivity index (χ0) is 14.7. The Labute approximate surface area is 128 Å². The summed E-state index contributed by atoms with van der Waals surface area (Å²) in [6.07, 6.45) is 0. The van der Waals surface area contributed by atoms with Crippen LogP contribution < -0.4 is 10.1 Å². The summed E-state index contributed by atoms with van der Waals surface area (Å²) in [6, 6.07) is 13.2. The van der Waals surface area contributed by atoms with Gasteiger partial charge in [0.25, 0.3) is 0 Å². The van der Waals surface area contributed by atoms with Crippen molar-refractivity contribution in [2.75, 3.05) is 19.4 Å². The molecule has 1 heterocycles. The van der Waals surface area contributed by atoms with Crippen molar-refractivity contribution in [1.82, 2.24) is 5.32 Å². The molecule has 0 aromatic heterocycles. The molecule has 0 saturated carbocycles. The average molecular weight is 303 g/mol. The third kappa shape index (κ3) is 3.22. The standard InChI is InChI=1S/C17H18FNOS/c1-19-9-12-8-14(18)6-7-16(12)20-10-13-11-21-17-5-3-2-4-15(13)17/h2-8,13,19H,9-11H2,1H3. The smallest absolute Gasteiger partial charge is 0.124 e. The first-order valence-electron chi connectivity index (χ1n) is 7.05. The molecule has 3 rings (SSSR count). The molecule has 0 radical (unpaired) electrons. The van der Waals surface area contributed by atoms with E-state index >= 15 is 0 Å². The molecule has 21 heavy (non-hydrogen) atoms. The summed E-state index contributed by atoms with van der Waals surface area (Å²) >= 11 is 1.88. The van der Waals surface area contributed by atoms with Gasteiger partial charge in [-0.2, -0.15) is 0 Å². The monoisotopic (exact) mass is 303 g/mol. The quantitative estimate of drug-likeness (QED) is 0.907. The molecule has 1 aliphatic heterocycles. The molecule has 0 bridgehead atoms. The average Bonchev–Trinajstić information content (AvgIpc) is 2.90. The van der Waals surface area contributed by atoms with E-state index in [0.717, 1.165) is 17.1 Å². The number of nitrogens with one attached hydrogen (secondary N) is 1. The van der Waals surface area contributed by atoms with Crippen LogP contribution in [0.1, 0.15) is 17.0 Å². The van der Waals surface area contributed by atoms with Gasteiger partial charge in [0, 0.05) is 28.7 Å². The summed E-state index contributed by atoms with van der Waals surface area (Å²) in [6.45, 7) is 1.23. The van der Waals surface area contributed by atoms with Crippen LogP contribution in [0.2, 0.25) is 0 Å². The highest BCUT2D eigenvalue weighted by Gasteiger charge is 2.23. The fraction of sp³-hybridized carbons (Fsp3) is 0.294. The number of benzene rings is 2. The molecule has 0 amide bonds. The van der Waals surface area contributed by atoms with Crippen LogP contribution in [0.4, 0.5) is 4.39 Å². The molecule has 0 aliphatic carbocycles. The number of hydrogen-bond acceptors (Lipinski definition) is 3. The van der Waals surface area contributed by atoms with Gasteiger partial charge in [-0.1, -0.05) is 18.2 Å². The minimum absolute atomic E-state index is 0.227. The highest BCUT2D eigenvalue weighted by Crippen LogP contribution is 2.39. The summed E-state index contributed by atoms with van der Waals surface area (Å²) in [4.78, 5) is 1.35. The molecule has 4 heteroatoms. The predicted octanol–water partition coefficient (Wildman–Crippen LogP) is 3.81. The molecular weight excluding hydrogens is 285 g/mol. The van der Waals surface area contributed by atoms with E-state index in [-0.39, 0.29) is 5.82 Å². The molecule has 2 nitrogen and oxygen atoms in total. The fourth-order valence-electron chi connectivity index (χ4n) is 2.58. The molecule has 1 unspecified atom stereocenters. The van der Waals surface area contributed by atoms with E-state index in [1.54, 1.807) is 6.07 Å². The van der Waals surface area contributed by atoms with E-state index in [0.29, 0.717) is 19.1 Å². The highest BCUT2D eigenvalue weighted by molar-refractivity contribution is 7.99. The van der Waals surface area contributed by atoms with Gasteiger partial charge in [-0.15, -0.1) is 11.8 Å². The lowest BCUT2D eigenvalue weighted by molar-refractivity contribution is 0.294. The Kier molecular flexibility index (Phi) is 4.46. The third-order valence-electron chi connectivity index (χ3n) is 3.63. The van der Waals surface area contributed by atoms with E-state index in [2.05, 4.69) is 29.6 Å². The van der Waals surface area contributed by atoms with Gasteiger partial charge >= 0.3 is 0 Å².